The summed E-state index contributed by atoms with van der Waals surface area (Å²) < 4.78 is 11.0. The van der Waals surface area contributed by atoms with E-state index in [-0.39, 0.29) is 0 Å². The van der Waals surface area contributed by atoms with Crippen LogP contribution in [0.1, 0.15) is 30.1 Å². The molecule has 21 heavy (non-hydrogen) atoms. The van der Waals surface area contributed by atoms with Crippen LogP contribution in [0.25, 0.3) is 0 Å². The second-order valence-electron chi connectivity index (χ2n) is 5.53. The molecule has 0 bridgehead atoms. The van der Waals surface area contributed by atoms with Crippen molar-refractivity contribution in [3.8, 4) is 0 Å². The van der Waals surface area contributed by atoms with Crippen molar-refractivity contribution < 1.29 is 9.26 Å². The zero-order chi connectivity index (χ0) is 14.5. The largest absolute Gasteiger partial charge is 0.377 e. The topological polar surface area (TPSA) is 51.4 Å². The summed E-state index contributed by atoms with van der Waals surface area (Å²) in [6.45, 7) is 5.15. The zero-order valence-electron chi connectivity index (χ0n) is 12.4. The fourth-order valence-electron chi connectivity index (χ4n) is 2.70. The Balaban J connectivity index is 1.67. The van der Waals surface area contributed by atoms with Crippen LogP contribution in [0.5, 0.6) is 0 Å². The van der Waals surface area contributed by atoms with Crippen LogP contribution in [0.2, 0.25) is 0 Å². The van der Waals surface area contributed by atoms with Gasteiger partial charge in [0.1, 0.15) is 0 Å². The van der Waals surface area contributed by atoms with Gasteiger partial charge in [-0.2, -0.15) is 4.98 Å². The Kier molecular flexibility index (Phi) is 4.62. The van der Waals surface area contributed by atoms with Gasteiger partial charge < -0.3 is 9.26 Å². The highest BCUT2D eigenvalue weighted by molar-refractivity contribution is 5.14. The van der Waals surface area contributed by atoms with Crippen molar-refractivity contribution in [2.75, 3.05) is 13.2 Å². The van der Waals surface area contributed by atoms with Crippen LogP contribution in [0.3, 0.4) is 0 Å². The highest BCUT2D eigenvalue weighted by Gasteiger charge is 2.21. The first-order chi connectivity index (χ1) is 10.3. The molecule has 1 aromatic carbocycles. The van der Waals surface area contributed by atoms with Crippen LogP contribution >= 0.6 is 0 Å². The molecule has 2 heterocycles. The lowest BCUT2D eigenvalue weighted by atomic mass is 10.2. The maximum atomic E-state index is 5.76. The summed E-state index contributed by atoms with van der Waals surface area (Å²) >= 11 is 0. The molecular weight excluding hydrogens is 266 g/mol. The van der Waals surface area contributed by atoms with Gasteiger partial charge in [-0.3, -0.25) is 4.90 Å². The first-order valence-electron chi connectivity index (χ1n) is 7.46. The quantitative estimate of drug-likeness (QED) is 0.817. The Hall–Kier alpha value is -1.72. The van der Waals surface area contributed by atoms with Gasteiger partial charge >= 0.3 is 0 Å². The van der Waals surface area contributed by atoms with E-state index in [1.54, 1.807) is 0 Å². The number of nitrogens with zero attached hydrogens (tertiary/aromatic N) is 3. The van der Waals surface area contributed by atoms with Crippen LogP contribution in [0.4, 0.5) is 0 Å². The minimum atomic E-state index is 0.317. The zero-order valence-corrected chi connectivity index (χ0v) is 12.4. The normalized spacial score (nSPS) is 18.5. The molecule has 1 aromatic heterocycles. The van der Waals surface area contributed by atoms with Crippen LogP contribution in [-0.4, -0.2) is 34.3 Å². The van der Waals surface area contributed by atoms with Gasteiger partial charge in [-0.15, -0.1) is 0 Å². The van der Waals surface area contributed by atoms with Crippen molar-refractivity contribution in [2.24, 2.45) is 0 Å². The highest BCUT2D eigenvalue weighted by Crippen LogP contribution is 2.16. The molecule has 5 heteroatoms. The molecule has 0 saturated carbocycles. The van der Waals surface area contributed by atoms with Gasteiger partial charge in [-0.25, -0.2) is 0 Å². The SMILES string of the molecule is Cc1noc(CN(Cc2ccccc2)CC2CCCO2)n1. The van der Waals surface area contributed by atoms with E-state index in [1.165, 1.54) is 5.56 Å². The van der Waals surface area contributed by atoms with Gasteiger partial charge in [0.2, 0.25) is 5.89 Å². The molecule has 2 aromatic rings. The molecule has 1 aliphatic rings. The van der Waals surface area contributed by atoms with E-state index in [0.717, 1.165) is 32.5 Å². The van der Waals surface area contributed by atoms with Crippen molar-refractivity contribution in [2.45, 2.75) is 39.0 Å². The summed E-state index contributed by atoms with van der Waals surface area (Å²) in [5.74, 6) is 1.35. The maximum absolute atomic E-state index is 5.76. The number of ether oxygens (including phenoxy) is 1. The first kappa shape index (κ1) is 14.2. The van der Waals surface area contributed by atoms with E-state index < -0.39 is 0 Å². The van der Waals surface area contributed by atoms with Gasteiger partial charge in [0.05, 0.1) is 12.6 Å². The average molecular weight is 287 g/mol. The number of benzene rings is 1. The molecule has 0 aliphatic carbocycles. The summed E-state index contributed by atoms with van der Waals surface area (Å²) in [5, 5.41) is 3.86. The molecule has 3 rings (SSSR count). The number of hydrogen-bond acceptors (Lipinski definition) is 5. The van der Waals surface area contributed by atoms with Crippen LogP contribution in [0, 0.1) is 6.92 Å². The van der Waals surface area contributed by atoms with Crippen molar-refractivity contribution in [1.29, 1.82) is 0 Å². The van der Waals surface area contributed by atoms with Crippen molar-refractivity contribution in [3.05, 3.63) is 47.6 Å². The lowest BCUT2D eigenvalue weighted by molar-refractivity contribution is 0.0640. The third kappa shape index (κ3) is 4.12. The lowest BCUT2D eigenvalue weighted by Crippen LogP contribution is -2.31. The Morgan fingerprint density at radius 3 is 2.76 bits per heavy atom. The third-order valence-corrected chi connectivity index (χ3v) is 3.66. The third-order valence-electron chi connectivity index (χ3n) is 3.66. The van der Waals surface area contributed by atoms with Crippen LogP contribution < -0.4 is 0 Å². The molecule has 0 radical (unpaired) electrons. The smallest absolute Gasteiger partial charge is 0.240 e. The predicted octanol–water partition coefficient (Wildman–Crippen LogP) is 2.56. The molecule has 1 atom stereocenters. The molecule has 0 amide bonds. The average Bonchev–Trinajstić information content (AvgIpc) is 3.12. The number of aryl methyl sites for hydroxylation is 1. The Labute approximate surface area is 124 Å². The number of aromatic nitrogens is 2. The van der Waals surface area contributed by atoms with Gasteiger partial charge in [0.15, 0.2) is 5.82 Å². The standard InChI is InChI=1S/C16H21N3O2/c1-13-17-16(21-18-13)12-19(11-15-8-5-9-20-15)10-14-6-3-2-4-7-14/h2-4,6-7,15H,5,8-12H2,1H3. The molecule has 5 nitrogen and oxygen atoms in total. The molecule has 0 N–H and O–H groups in total. The van der Waals surface area contributed by atoms with E-state index in [9.17, 15) is 0 Å². The molecular formula is C16H21N3O2. The number of rotatable bonds is 6. The minimum Gasteiger partial charge on any atom is -0.377 e. The molecule has 1 saturated heterocycles. The van der Waals surface area contributed by atoms with Crippen LogP contribution in [-0.2, 0) is 17.8 Å². The molecule has 1 fully saturated rings. The molecule has 1 aliphatic heterocycles. The monoisotopic (exact) mass is 287 g/mol. The second kappa shape index (κ2) is 6.83. The fourth-order valence-corrected chi connectivity index (χ4v) is 2.70. The van der Waals surface area contributed by atoms with Gasteiger partial charge in [0.25, 0.3) is 0 Å². The Bertz CT molecular complexity index is 550. The highest BCUT2D eigenvalue weighted by atomic mass is 16.5. The van der Waals surface area contributed by atoms with E-state index in [0.29, 0.717) is 24.4 Å². The van der Waals surface area contributed by atoms with E-state index >= 15 is 0 Å². The van der Waals surface area contributed by atoms with Gasteiger partial charge in [0, 0.05) is 19.7 Å². The van der Waals surface area contributed by atoms with Crippen molar-refractivity contribution >= 4 is 0 Å². The first-order valence-corrected chi connectivity index (χ1v) is 7.46. The summed E-state index contributed by atoms with van der Waals surface area (Å²) in [5.41, 5.74) is 1.28. The minimum absolute atomic E-state index is 0.317. The van der Waals surface area contributed by atoms with E-state index in [2.05, 4.69) is 39.3 Å². The van der Waals surface area contributed by atoms with Crippen molar-refractivity contribution in [3.63, 3.8) is 0 Å². The summed E-state index contributed by atoms with van der Waals surface area (Å²) in [7, 11) is 0. The summed E-state index contributed by atoms with van der Waals surface area (Å²) in [6, 6.07) is 10.4. The van der Waals surface area contributed by atoms with Crippen molar-refractivity contribution in [1.82, 2.24) is 15.0 Å². The fraction of sp³-hybridized carbons (Fsp3) is 0.500. The van der Waals surface area contributed by atoms with Gasteiger partial charge in [-0.05, 0) is 25.3 Å². The maximum Gasteiger partial charge on any atom is 0.240 e. The molecule has 112 valence electrons. The Morgan fingerprint density at radius 1 is 1.24 bits per heavy atom. The molecule has 1 unspecified atom stereocenters. The number of hydrogen-bond donors (Lipinski definition) is 0. The molecule has 0 spiro atoms. The predicted molar refractivity (Wildman–Crippen MR) is 78.6 cm³/mol. The van der Waals surface area contributed by atoms with Gasteiger partial charge in [-0.1, -0.05) is 35.5 Å². The van der Waals surface area contributed by atoms with E-state index in [4.69, 9.17) is 9.26 Å². The second-order valence-corrected chi connectivity index (χ2v) is 5.53. The van der Waals surface area contributed by atoms with E-state index in [1.807, 2.05) is 13.0 Å². The lowest BCUT2D eigenvalue weighted by Gasteiger charge is -2.23. The Morgan fingerprint density at radius 2 is 2.10 bits per heavy atom. The summed E-state index contributed by atoms with van der Waals surface area (Å²) in [4.78, 5) is 6.62. The summed E-state index contributed by atoms with van der Waals surface area (Å²) in [6.07, 6.45) is 2.61. The van der Waals surface area contributed by atoms with Crippen LogP contribution in [0.15, 0.2) is 34.9 Å².